The molecule has 1 aliphatic rings. The Kier molecular flexibility index (Phi) is 4.71. The van der Waals surface area contributed by atoms with Crippen molar-refractivity contribution in [3.8, 4) is 0 Å². The molecule has 0 saturated heterocycles. The van der Waals surface area contributed by atoms with Crippen LogP contribution in [0.15, 0.2) is 24.3 Å². The van der Waals surface area contributed by atoms with Gasteiger partial charge in [0, 0.05) is 5.56 Å². The molecule has 1 aromatic rings. The summed E-state index contributed by atoms with van der Waals surface area (Å²) in [6, 6.07) is 3.99. The predicted octanol–water partition coefficient (Wildman–Crippen LogP) is 4.34. The van der Waals surface area contributed by atoms with Crippen LogP contribution < -0.4 is 0 Å². The molecule has 1 saturated carbocycles. The lowest BCUT2D eigenvalue weighted by Gasteiger charge is -2.44. The summed E-state index contributed by atoms with van der Waals surface area (Å²) in [6.07, 6.45) is -3.63. The maximum absolute atomic E-state index is 14.1. The third kappa shape index (κ3) is 2.70. The molecule has 1 aromatic carbocycles. The summed E-state index contributed by atoms with van der Waals surface area (Å²) in [5.74, 6) is -2.58. The van der Waals surface area contributed by atoms with E-state index in [0.29, 0.717) is 19.3 Å². The number of halogens is 4. The van der Waals surface area contributed by atoms with Crippen molar-refractivity contribution in [1.82, 2.24) is 0 Å². The molecule has 8 heteroatoms. The summed E-state index contributed by atoms with van der Waals surface area (Å²) in [4.78, 5) is 19.2. The van der Waals surface area contributed by atoms with E-state index in [1.54, 1.807) is 0 Å². The summed E-state index contributed by atoms with van der Waals surface area (Å²) < 4.78 is 67.6. The molecule has 3 nitrogen and oxygen atoms in total. The zero-order valence-corrected chi connectivity index (χ0v) is 12.6. The maximum atomic E-state index is 14.1. The monoisotopic (exact) mass is 340 g/mol. The lowest BCUT2D eigenvalue weighted by Crippen LogP contribution is -2.49. The van der Waals surface area contributed by atoms with Gasteiger partial charge in [-0.25, -0.2) is 4.39 Å². The van der Waals surface area contributed by atoms with Gasteiger partial charge < -0.3 is 9.79 Å². The van der Waals surface area contributed by atoms with Crippen molar-refractivity contribution in [3.63, 3.8) is 0 Å². The van der Waals surface area contributed by atoms with E-state index < -0.39 is 36.2 Å². The molecule has 1 aliphatic carbocycles. The van der Waals surface area contributed by atoms with Crippen LogP contribution in [0.5, 0.6) is 0 Å². The number of hydrogen-bond acceptors (Lipinski definition) is 1. The Morgan fingerprint density at radius 3 is 2.05 bits per heavy atom. The highest BCUT2D eigenvalue weighted by molar-refractivity contribution is 7.53. The number of benzene rings is 1. The van der Waals surface area contributed by atoms with Crippen molar-refractivity contribution in [2.45, 2.75) is 43.4 Å². The Bertz CT molecular complexity index is 578. The second-order valence-electron chi connectivity index (χ2n) is 5.62. The molecule has 2 N–H and O–H groups in total. The van der Waals surface area contributed by atoms with E-state index in [2.05, 4.69) is 0 Å². The molecule has 0 bridgehead atoms. The third-order valence-electron chi connectivity index (χ3n) is 4.37. The highest BCUT2D eigenvalue weighted by Crippen LogP contribution is 2.70. The molecular weight excluding hydrogens is 323 g/mol. The van der Waals surface area contributed by atoms with Gasteiger partial charge in [0.25, 0.3) is 0 Å². The Hall–Kier alpha value is -0.910. The minimum atomic E-state index is -5.71. The van der Waals surface area contributed by atoms with Crippen molar-refractivity contribution in [2.24, 2.45) is 5.92 Å². The molecule has 1 fully saturated rings. The van der Waals surface area contributed by atoms with E-state index in [1.165, 1.54) is 6.07 Å². The van der Waals surface area contributed by atoms with E-state index in [1.807, 2.05) is 0 Å². The topological polar surface area (TPSA) is 57.5 Å². The Balaban J connectivity index is 2.77. The largest absolute Gasteiger partial charge is 0.410 e. The fourth-order valence-corrected chi connectivity index (χ4v) is 5.01. The van der Waals surface area contributed by atoms with Crippen LogP contribution in [0.25, 0.3) is 0 Å². The highest BCUT2D eigenvalue weighted by Gasteiger charge is 2.71. The minimum absolute atomic E-state index is 0.0129. The van der Waals surface area contributed by atoms with Gasteiger partial charge in [-0.2, -0.15) is 13.2 Å². The molecule has 2 rings (SSSR count). The average Bonchev–Trinajstić information content (AvgIpc) is 2.40. The van der Waals surface area contributed by atoms with Crippen molar-refractivity contribution >= 4 is 7.60 Å². The van der Waals surface area contributed by atoms with Gasteiger partial charge in [-0.15, -0.1) is 0 Å². The minimum Gasteiger partial charge on any atom is -0.324 e. The first-order chi connectivity index (χ1) is 10.1. The maximum Gasteiger partial charge on any atom is 0.410 e. The summed E-state index contributed by atoms with van der Waals surface area (Å²) in [7, 11) is -5.71. The van der Waals surface area contributed by atoms with Crippen LogP contribution in [0.4, 0.5) is 17.6 Å². The van der Waals surface area contributed by atoms with Gasteiger partial charge in [0.1, 0.15) is 5.82 Å². The first kappa shape index (κ1) is 17.4. The summed E-state index contributed by atoms with van der Waals surface area (Å²) in [5, 5.41) is -3.48. The Labute approximate surface area is 125 Å². The molecule has 124 valence electrons. The van der Waals surface area contributed by atoms with Gasteiger partial charge in [0.2, 0.25) is 0 Å². The first-order valence-corrected chi connectivity index (χ1v) is 8.61. The van der Waals surface area contributed by atoms with Crippen LogP contribution in [0.3, 0.4) is 0 Å². The normalized spacial score (nSPS) is 20.6. The molecule has 0 aliphatic heterocycles. The average molecular weight is 340 g/mol. The van der Waals surface area contributed by atoms with Crippen molar-refractivity contribution in [1.29, 1.82) is 0 Å². The van der Waals surface area contributed by atoms with Gasteiger partial charge in [-0.3, -0.25) is 4.57 Å². The lowest BCUT2D eigenvalue weighted by atomic mass is 9.75. The lowest BCUT2D eigenvalue weighted by molar-refractivity contribution is -0.187. The fourth-order valence-electron chi connectivity index (χ4n) is 3.45. The van der Waals surface area contributed by atoms with E-state index >= 15 is 0 Å². The Morgan fingerprint density at radius 2 is 1.59 bits per heavy atom. The first-order valence-electron chi connectivity index (χ1n) is 6.99. The van der Waals surface area contributed by atoms with Gasteiger partial charge >= 0.3 is 13.8 Å². The molecule has 22 heavy (non-hydrogen) atoms. The highest BCUT2D eigenvalue weighted by atomic mass is 31.2. The second kappa shape index (κ2) is 5.95. The van der Waals surface area contributed by atoms with Gasteiger partial charge in [-0.05, 0) is 24.8 Å². The van der Waals surface area contributed by atoms with Crippen LogP contribution in [0, 0.1) is 11.7 Å². The van der Waals surface area contributed by atoms with Crippen molar-refractivity contribution in [2.75, 3.05) is 0 Å². The van der Waals surface area contributed by atoms with Gasteiger partial charge in [0.15, 0.2) is 5.16 Å². The molecule has 0 amide bonds. The fraction of sp³-hybridized carbons (Fsp3) is 0.571. The number of alkyl halides is 3. The third-order valence-corrected chi connectivity index (χ3v) is 6.15. The molecule has 0 spiro atoms. The van der Waals surface area contributed by atoms with Crippen LogP contribution in [-0.4, -0.2) is 16.0 Å². The van der Waals surface area contributed by atoms with E-state index in [9.17, 15) is 31.9 Å². The van der Waals surface area contributed by atoms with Gasteiger partial charge in [0.05, 0.1) is 0 Å². The SMILES string of the molecule is O=P(O)(O)C(c1ccccc1F)(C1CCCCC1)C(F)(F)F. The van der Waals surface area contributed by atoms with Crippen LogP contribution in [-0.2, 0) is 9.72 Å². The van der Waals surface area contributed by atoms with Crippen LogP contribution >= 0.6 is 7.60 Å². The summed E-state index contributed by atoms with van der Waals surface area (Å²) in [5.41, 5.74) is -0.956. The molecule has 0 aromatic heterocycles. The van der Waals surface area contributed by atoms with Crippen molar-refractivity contribution < 1.29 is 31.9 Å². The van der Waals surface area contributed by atoms with E-state index in [0.717, 1.165) is 18.2 Å². The van der Waals surface area contributed by atoms with E-state index in [4.69, 9.17) is 0 Å². The predicted molar refractivity (Wildman–Crippen MR) is 72.8 cm³/mol. The molecule has 0 radical (unpaired) electrons. The Morgan fingerprint density at radius 1 is 1.05 bits per heavy atom. The molecular formula is C14H17F4O3P. The van der Waals surface area contributed by atoms with Crippen LogP contribution in [0.1, 0.15) is 37.7 Å². The zero-order valence-electron chi connectivity index (χ0n) is 11.7. The smallest absolute Gasteiger partial charge is 0.324 e. The standard InChI is InChI=1S/C14H17F4O3P/c15-12-9-5-4-8-11(12)13(14(16,17)18,22(19,20)21)10-6-2-1-3-7-10/h4-5,8-10H,1-3,6-7H2,(H2,19,20,21). The number of hydrogen-bond donors (Lipinski definition) is 2. The summed E-state index contributed by atoms with van der Waals surface area (Å²) in [6.45, 7) is 0. The summed E-state index contributed by atoms with van der Waals surface area (Å²) >= 11 is 0. The quantitative estimate of drug-likeness (QED) is 0.636. The van der Waals surface area contributed by atoms with Gasteiger partial charge in [-0.1, -0.05) is 37.5 Å². The van der Waals surface area contributed by atoms with E-state index in [-0.39, 0.29) is 12.8 Å². The zero-order chi connectivity index (χ0) is 16.6. The molecule has 1 atom stereocenters. The van der Waals surface area contributed by atoms with Crippen LogP contribution in [0.2, 0.25) is 0 Å². The number of rotatable bonds is 3. The van der Waals surface area contributed by atoms with Crippen molar-refractivity contribution in [3.05, 3.63) is 35.6 Å². The molecule has 1 unspecified atom stereocenters. The second-order valence-corrected chi connectivity index (χ2v) is 7.42. The molecule has 0 heterocycles.